The Bertz CT molecular complexity index is 684. The summed E-state index contributed by atoms with van der Waals surface area (Å²) in [5.41, 5.74) is 0.918. The van der Waals surface area contributed by atoms with Crippen molar-refractivity contribution in [1.29, 1.82) is 0 Å². The van der Waals surface area contributed by atoms with Crippen molar-refractivity contribution >= 4 is 35.2 Å². The predicted molar refractivity (Wildman–Crippen MR) is 95.0 cm³/mol. The Morgan fingerprint density at radius 1 is 1.17 bits per heavy atom. The third kappa shape index (κ3) is 5.94. The van der Waals surface area contributed by atoms with Crippen LogP contribution in [0.5, 0.6) is 0 Å². The fourth-order valence-electron chi connectivity index (χ4n) is 1.91. The minimum Gasteiger partial charge on any atom is -0.465 e. The van der Waals surface area contributed by atoms with Crippen LogP contribution in [0.25, 0.3) is 11.3 Å². The van der Waals surface area contributed by atoms with Gasteiger partial charge in [-0.05, 0) is 43.3 Å². The largest absolute Gasteiger partial charge is 0.465 e. The summed E-state index contributed by atoms with van der Waals surface area (Å²) < 4.78 is 10.5. The second kappa shape index (κ2) is 9.39. The molecule has 2 rings (SSSR count). The number of furan rings is 1. The summed E-state index contributed by atoms with van der Waals surface area (Å²) in [6.07, 6.45) is 0. The van der Waals surface area contributed by atoms with E-state index >= 15 is 0 Å². The van der Waals surface area contributed by atoms with E-state index in [1.807, 2.05) is 24.3 Å². The molecule has 0 aliphatic carbocycles. The van der Waals surface area contributed by atoms with Gasteiger partial charge in [0.1, 0.15) is 11.5 Å². The smallest absolute Gasteiger partial charge is 0.315 e. The number of hydrogen-bond donors (Lipinski definition) is 1. The van der Waals surface area contributed by atoms with Gasteiger partial charge in [0.25, 0.3) is 0 Å². The van der Waals surface area contributed by atoms with Gasteiger partial charge in [-0.2, -0.15) is 0 Å². The molecule has 1 aromatic heterocycles. The van der Waals surface area contributed by atoms with E-state index in [1.165, 1.54) is 11.8 Å². The van der Waals surface area contributed by atoms with E-state index < -0.39 is 0 Å². The third-order valence-corrected chi connectivity index (χ3v) is 4.17. The number of thioether (sulfide) groups is 1. The average molecular weight is 368 g/mol. The summed E-state index contributed by atoms with van der Waals surface area (Å²) in [4.78, 5) is 22.9. The van der Waals surface area contributed by atoms with Crippen LogP contribution >= 0.6 is 23.4 Å². The van der Waals surface area contributed by atoms with Crippen molar-refractivity contribution in [3.8, 4) is 11.3 Å². The van der Waals surface area contributed by atoms with Crippen molar-refractivity contribution in [2.24, 2.45) is 0 Å². The van der Waals surface area contributed by atoms with Crippen LogP contribution in [-0.2, 0) is 20.9 Å². The summed E-state index contributed by atoms with van der Waals surface area (Å²) in [6, 6.07) is 11.0. The van der Waals surface area contributed by atoms with Crippen LogP contribution in [-0.4, -0.2) is 30.0 Å². The zero-order valence-electron chi connectivity index (χ0n) is 13.2. The fraction of sp³-hybridized carbons (Fsp3) is 0.294. The van der Waals surface area contributed by atoms with Gasteiger partial charge in [-0.15, -0.1) is 11.8 Å². The molecule has 128 valence electrons. The van der Waals surface area contributed by atoms with Crippen LogP contribution in [0.4, 0.5) is 0 Å². The standard InChI is InChI=1S/C17H18ClNO4S/c1-2-22-17(21)11-24-10-16(20)19-9-14-7-8-15(23-14)12-3-5-13(18)6-4-12/h3-8H,2,9-11H2,1H3,(H,19,20). The summed E-state index contributed by atoms with van der Waals surface area (Å²) in [7, 11) is 0. The van der Waals surface area contributed by atoms with E-state index in [-0.39, 0.29) is 23.4 Å². The van der Waals surface area contributed by atoms with E-state index in [2.05, 4.69) is 5.32 Å². The molecule has 0 aliphatic heterocycles. The molecule has 24 heavy (non-hydrogen) atoms. The quantitative estimate of drug-likeness (QED) is 0.723. The number of ether oxygens (including phenoxy) is 1. The van der Waals surface area contributed by atoms with Gasteiger partial charge in [-0.1, -0.05) is 11.6 Å². The average Bonchev–Trinajstić information content (AvgIpc) is 3.03. The lowest BCUT2D eigenvalue weighted by Gasteiger charge is -2.04. The molecule has 0 fully saturated rings. The van der Waals surface area contributed by atoms with Gasteiger partial charge < -0.3 is 14.5 Å². The molecule has 0 spiro atoms. The molecule has 7 heteroatoms. The minimum absolute atomic E-state index is 0.159. The lowest BCUT2D eigenvalue weighted by Crippen LogP contribution is -2.25. The van der Waals surface area contributed by atoms with Gasteiger partial charge >= 0.3 is 5.97 Å². The van der Waals surface area contributed by atoms with Crippen molar-refractivity contribution in [2.45, 2.75) is 13.5 Å². The predicted octanol–water partition coefficient (Wildman–Crippen LogP) is 3.51. The molecule has 2 aromatic rings. The first-order valence-corrected chi connectivity index (χ1v) is 8.96. The van der Waals surface area contributed by atoms with Crippen molar-refractivity contribution in [2.75, 3.05) is 18.1 Å². The second-order valence-electron chi connectivity index (χ2n) is 4.85. The van der Waals surface area contributed by atoms with Crippen LogP contribution in [0.1, 0.15) is 12.7 Å². The van der Waals surface area contributed by atoms with Crippen LogP contribution < -0.4 is 5.32 Å². The highest BCUT2D eigenvalue weighted by atomic mass is 35.5. The molecule has 0 atom stereocenters. The zero-order valence-corrected chi connectivity index (χ0v) is 14.8. The van der Waals surface area contributed by atoms with Gasteiger partial charge in [0.05, 0.1) is 24.7 Å². The van der Waals surface area contributed by atoms with E-state index in [0.717, 1.165) is 5.56 Å². The molecule has 5 nitrogen and oxygen atoms in total. The van der Waals surface area contributed by atoms with Crippen LogP contribution in [0.15, 0.2) is 40.8 Å². The summed E-state index contributed by atoms with van der Waals surface area (Å²) >= 11 is 7.08. The number of rotatable bonds is 8. The second-order valence-corrected chi connectivity index (χ2v) is 6.27. The number of halogens is 1. The first-order chi connectivity index (χ1) is 11.6. The molecule has 1 amide bonds. The Morgan fingerprint density at radius 3 is 2.62 bits per heavy atom. The molecule has 0 aliphatic rings. The number of esters is 1. The highest BCUT2D eigenvalue weighted by Gasteiger charge is 2.08. The molecule has 0 bridgehead atoms. The first kappa shape index (κ1) is 18.4. The number of hydrogen-bond acceptors (Lipinski definition) is 5. The molecular weight excluding hydrogens is 350 g/mol. The van der Waals surface area contributed by atoms with E-state index in [0.29, 0.717) is 29.7 Å². The third-order valence-electron chi connectivity index (χ3n) is 3.01. The molecular formula is C17H18ClNO4S. The lowest BCUT2D eigenvalue weighted by atomic mass is 10.2. The van der Waals surface area contributed by atoms with Crippen LogP contribution in [0.3, 0.4) is 0 Å². The minimum atomic E-state index is -0.311. The number of nitrogens with one attached hydrogen (secondary N) is 1. The molecule has 0 radical (unpaired) electrons. The Labute approximate surface area is 149 Å². The van der Waals surface area contributed by atoms with Gasteiger partial charge in [0.2, 0.25) is 5.91 Å². The number of amides is 1. The van der Waals surface area contributed by atoms with Gasteiger partial charge in [0, 0.05) is 10.6 Å². The monoisotopic (exact) mass is 367 g/mol. The molecule has 1 heterocycles. The molecule has 1 aromatic carbocycles. The van der Waals surface area contributed by atoms with E-state index in [9.17, 15) is 9.59 Å². The molecule has 1 N–H and O–H groups in total. The Kier molecular flexibility index (Phi) is 7.21. The van der Waals surface area contributed by atoms with Crippen molar-refractivity contribution in [3.05, 3.63) is 47.2 Å². The summed E-state index contributed by atoms with van der Waals surface area (Å²) in [5.74, 6) is 1.27. The summed E-state index contributed by atoms with van der Waals surface area (Å²) in [6.45, 7) is 2.39. The zero-order chi connectivity index (χ0) is 17.4. The maximum absolute atomic E-state index is 11.7. The Hall–Kier alpha value is -1.92. The van der Waals surface area contributed by atoms with Gasteiger partial charge in [-0.3, -0.25) is 9.59 Å². The first-order valence-electron chi connectivity index (χ1n) is 7.43. The van der Waals surface area contributed by atoms with Crippen LogP contribution in [0, 0.1) is 0 Å². The van der Waals surface area contributed by atoms with Gasteiger partial charge in [0.15, 0.2) is 0 Å². The molecule has 0 unspecified atom stereocenters. The highest BCUT2D eigenvalue weighted by Crippen LogP contribution is 2.23. The summed E-state index contributed by atoms with van der Waals surface area (Å²) in [5, 5.41) is 3.42. The molecule has 0 saturated carbocycles. The fourth-order valence-corrected chi connectivity index (χ4v) is 2.67. The maximum Gasteiger partial charge on any atom is 0.315 e. The van der Waals surface area contributed by atoms with Gasteiger partial charge in [-0.25, -0.2) is 0 Å². The SMILES string of the molecule is CCOC(=O)CSCC(=O)NCc1ccc(-c2ccc(Cl)cc2)o1. The number of carbonyl (C=O) groups is 2. The normalized spacial score (nSPS) is 10.4. The molecule has 0 saturated heterocycles. The van der Waals surface area contributed by atoms with Crippen molar-refractivity contribution in [3.63, 3.8) is 0 Å². The van der Waals surface area contributed by atoms with Crippen molar-refractivity contribution in [1.82, 2.24) is 5.32 Å². The topological polar surface area (TPSA) is 68.5 Å². The Morgan fingerprint density at radius 2 is 1.92 bits per heavy atom. The van der Waals surface area contributed by atoms with Crippen LogP contribution in [0.2, 0.25) is 5.02 Å². The number of benzene rings is 1. The van der Waals surface area contributed by atoms with Crippen molar-refractivity contribution < 1.29 is 18.7 Å². The van der Waals surface area contributed by atoms with E-state index in [4.69, 9.17) is 20.8 Å². The lowest BCUT2D eigenvalue weighted by molar-refractivity contribution is -0.139. The maximum atomic E-state index is 11.7. The Balaban J connectivity index is 1.75. The van der Waals surface area contributed by atoms with E-state index in [1.54, 1.807) is 19.1 Å². The highest BCUT2D eigenvalue weighted by molar-refractivity contribution is 8.00. The number of carbonyl (C=O) groups excluding carboxylic acids is 2.